The Balaban J connectivity index is 2.10. The average molecular weight is 269 g/mol. The summed E-state index contributed by atoms with van der Waals surface area (Å²) < 4.78 is 2.03. The molecule has 0 aliphatic heterocycles. The minimum Gasteiger partial charge on any atom is -0.217 e. The maximum atomic E-state index is 4.80. The first kappa shape index (κ1) is 11.2. The highest BCUT2D eigenvalue weighted by atomic mass is 32.1. The Hall–Kier alpha value is -1.68. The molecule has 19 heavy (non-hydrogen) atoms. The van der Waals surface area contributed by atoms with E-state index in [9.17, 15) is 0 Å². The van der Waals surface area contributed by atoms with E-state index in [1.807, 2.05) is 11.4 Å². The van der Waals surface area contributed by atoms with Crippen LogP contribution < -0.4 is 0 Å². The van der Waals surface area contributed by atoms with Crippen LogP contribution in [0, 0.1) is 6.92 Å². The lowest BCUT2D eigenvalue weighted by Gasteiger charge is -2.31. The van der Waals surface area contributed by atoms with E-state index in [2.05, 4.69) is 43.2 Å². The molecule has 1 aliphatic rings. The number of hydrogen-bond donors (Lipinski definition) is 0. The van der Waals surface area contributed by atoms with Gasteiger partial charge < -0.3 is 0 Å². The Morgan fingerprint density at radius 1 is 1.26 bits per heavy atom. The van der Waals surface area contributed by atoms with Gasteiger partial charge in [0.25, 0.3) is 0 Å². The van der Waals surface area contributed by atoms with E-state index in [4.69, 9.17) is 4.98 Å². The normalized spacial score (nSPS) is 16.4. The number of benzene rings is 1. The van der Waals surface area contributed by atoms with E-state index in [-0.39, 0.29) is 5.41 Å². The number of aryl methyl sites for hydroxylation is 1. The van der Waals surface area contributed by atoms with Crippen LogP contribution in [0.2, 0.25) is 0 Å². The van der Waals surface area contributed by atoms with Crippen molar-refractivity contribution in [1.82, 2.24) is 14.6 Å². The molecule has 0 unspecified atom stereocenters. The quantitative estimate of drug-likeness (QED) is 0.624. The highest BCUT2D eigenvalue weighted by Crippen LogP contribution is 2.43. The van der Waals surface area contributed by atoms with Crippen molar-refractivity contribution in [3.8, 4) is 11.3 Å². The van der Waals surface area contributed by atoms with E-state index in [1.54, 1.807) is 11.3 Å². The maximum absolute atomic E-state index is 4.80. The second-order valence-corrected chi connectivity index (χ2v) is 6.99. The number of aromatic nitrogens is 3. The number of fused-ring (bicyclic) bond motifs is 5. The first-order chi connectivity index (χ1) is 9.06. The lowest BCUT2D eigenvalue weighted by Crippen LogP contribution is -2.26. The van der Waals surface area contributed by atoms with Crippen molar-refractivity contribution in [2.45, 2.75) is 32.6 Å². The van der Waals surface area contributed by atoms with Crippen molar-refractivity contribution in [3.05, 3.63) is 40.5 Å². The Kier molecular flexibility index (Phi) is 2.03. The molecule has 4 heteroatoms. The molecular formula is C15H15N3S. The minimum absolute atomic E-state index is 0.136. The Morgan fingerprint density at radius 2 is 2.05 bits per heavy atom. The zero-order chi connectivity index (χ0) is 13.2. The van der Waals surface area contributed by atoms with Crippen LogP contribution in [0.15, 0.2) is 24.3 Å². The zero-order valence-electron chi connectivity index (χ0n) is 11.3. The van der Waals surface area contributed by atoms with Crippen LogP contribution in [-0.4, -0.2) is 14.6 Å². The molecule has 4 rings (SSSR count). The highest BCUT2D eigenvalue weighted by Gasteiger charge is 2.34. The van der Waals surface area contributed by atoms with Gasteiger partial charge in [-0.15, -0.1) is 0 Å². The van der Waals surface area contributed by atoms with Crippen LogP contribution in [0.1, 0.15) is 30.1 Å². The third kappa shape index (κ3) is 1.43. The molecule has 2 heterocycles. The van der Waals surface area contributed by atoms with Crippen LogP contribution in [-0.2, 0) is 11.8 Å². The summed E-state index contributed by atoms with van der Waals surface area (Å²) in [5.74, 6) is 0. The van der Waals surface area contributed by atoms with E-state index in [0.717, 1.165) is 22.1 Å². The smallest absolute Gasteiger partial charge is 0.212 e. The van der Waals surface area contributed by atoms with Crippen molar-refractivity contribution in [2.24, 2.45) is 0 Å². The molecule has 0 saturated carbocycles. The van der Waals surface area contributed by atoms with Crippen LogP contribution in [0.3, 0.4) is 0 Å². The molecule has 96 valence electrons. The molecule has 0 spiro atoms. The van der Waals surface area contributed by atoms with E-state index in [1.165, 1.54) is 16.8 Å². The summed E-state index contributed by atoms with van der Waals surface area (Å²) in [4.78, 5) is 5.81. The monoisotopic (exact) mass is 269 g/mol. The van der Waals surface area contributed by atoms with Gasteiger partial charge >= 0.3 is 0 Å². The molecule has 3 nitrogen and oxygen atoms in total. The van der Waals surface area contributed by atoms with Crippen LogP contribution in [0.25, 0.3) is 16.2 Å². The van der Waals surface area contributed by atoms with Gasteiger partial charge in [-0.25, -0.2) is 9.50 Å². The highest BCUT2D eigenvalue weighted by molar-refractivity contribution is 7.16. The van der Waals surface area contributed by atoms with Crippen LogP contribution in [0.4, 0.5) is 0 Å². The molecule has 1 aliphatic carbocycles. The third-order valence-electron chi connectivity index (χ3n) is 3.92. The van der Waals surface area contributed by atoms with Gasteiger partial charge in [0.1, 0.15) is 5.01 Å². The van der Waals surface area contributed by atoms with Gasteiger partial charge in [-0.3, -0.25) is 0 Å². The fourth-order valence-electron chi connectivity index (χ4n) is 3.05. The van der Waals surface area contributed by atoms with Crippen LogP contribution >= 0.6 is 11.3 Å². The molecule has 3 aromatic rings. The summed E-state index contributed by atoms with van der Waals surface area (Å²) >= 11 is 1.66. The lowest BCUT2D eigenvalue weighted by atomic mass is 9.73. The number of rotatable bonds is 0. The van der Waals surface area contributed by atoms with Gasteiger partial charge in [0.15, 0.2) is 0 Å². The topological polar surface area (TPSA) is 30.2 Å². The SMILES string of the molecule is Cc1nn2c3c(nc2s1)-c1ccccc1C(C)(C)C3. The molecule has 0 radical (unpaired) electrons. The molecule has 0 N–H and O–H groups in total. The third-order valence-corrected chi connectivity index (χ3v) is 4.74. The molecule has 2 aromatic heterocycles. The molecule has 0 atom stereocenters. The summed E-state index contributed by atoms with van der Waals surface area (Å²) in [6, 6.07) is 8.62. The van der Waals surface area contributed by atoms with Gasteiger partial charge in [0.2, 0.25) is 4.96 Å². The average Bonchev–Trinajstić information content (AvgIpc) is 2.87. The predicted octanol–water partition coefficient (Wildman–Crippen LogP) is 3.60. The van der Waals surface area contributed by atoms with E-state index < -0.39 is 0 Å². The molecule has 0 bridgehead atoms. The maximum Gasteiger partial charge on any atom is 0.212 e. The fraction of sp³-hybridized carbons (Fsp3) is 0.333. The molecule has 1 aromatic carbocycles. The Labute approximate surface area is 115 Å². The van der Waals surface area contributed by atoms with Gasteiger partial charge in [-0.2, -0.15) is 5.10 Å². The second kappa shape index (κ2) is 3.45. The Morgan fingerprint density at radius 3 is 2.89 bits per heavy atom. The Bertz CT molecular complexity index is 795. The lowest BCUT2D eigenvalue weighted by molar-refractivity contribution is 0.504. The number of hydrogen-bond acceptors (Lipinski definition) is 3. The largest absolute Gasteiger partial charge is 0.217 e. The predicted molar refractivity (Wildman–Crippen MR) is 77.8 cm³/mol. The van der Waals surface area contributed by atoms with Gasteiger partial charge in [-0.05, 0) is 17.9 Å². The summed E-state index contributed by atoms with van der Waals surface area (Å²) in [5.41, 5.74) is 5.17. The van der Waals surface area contributed by atoms with Gasteiger partial charge in [0.05, 0.1) is 11.4 Å². The first-order valence-corrected chi connectivity index (χ1v) is 7.33. The number of nitrogens with zero attached hydrogens (tertiary/aromatic N) is 3. The standard InChI is InChI=1S/C15H15N3S/c1-9-17-18-12-8-15(2,3)11-7-5-4-6-10(11)13(12)16-14(18)19-9/h4-7H,8H2,1-3H3. The first-order valence-electron chi connectivity index (χ1n) is 6.51. The molecule has 0 amide bonds. The summed E-state index contributed by atoms with van der Waals surface area (Å²) in [7, 11) is 0. The molecular weight excluding hydrogens is 254 g/mol. The van der Waals surface area contributed by atoms with Crippen molar-refractivity contribution in [1.29, 1.82) is 0 Å². The summed E-state index contributed by atoms with van der Waals surface area (Å²) in [6.07, 6.45) is 0.990. The van der Waals surface area contributed by atoms with Gasteiger partial charge in [0, 0.05) is 12.0 Å². The zero-order valence-corrected chi connectivity index (χ0v) is 12.1. The summed E-state index contributed by atoms with van der Waals surface area (Å²) in [6.45, 7) is 6.63. The summed E-state index contributed by atoms with van der Waals surface area (Å²) in [5, 5.41) is 5.67. The van der Waals surface area contributed by atoms with Crippen molar-refractivity contribution < 1.29 is 0 Å². The second-order valence-electron chi connectivity index (χ2n) is 5.83. The van der Waals surface area contributed by atoms with Crippen molar-refractivity contribution in [2.75, 3.05) is 0 Å². The number of imidazole rings is 1. The molecule has 0 fully saturated rings. The minimum atomic E-state index is 0.136. The van der Waals surface area contributed by atoms with Crippen molar-refractivity contribution >= 4 is 16.3 Å². The fourth-order valence-corrected chi connectivity index (χ4v) is 3.81. The van der Waals surface area contributed by atoms with E-state index >= 15 is 0 Å². The van der Waals surface area contributed by atoms with Gasteiger partial charge in [-0.1, -0.05) is 49.4 Å². The molecule has 0 saturated heterocycles. The van der Waals surface area contributed by atoms with Crippen molar-refractivity contribution in [3.63, 3.8) is 0 Å². The van der Waals surface area contributed by atoms with Crippen LogP contribution in [0.5, 0.6) is 0 Å². The van der Waals surface area contributed by atoms with E-state index in [0.29, 0.717) is 0 Å².